The van der Waals surface area contributed by atoms with Gasteiger partial charge >= 0.3 is 0 Å². The van der Waals surface area contributed by atoms with E-state index >= 15 is 0 Å². The van der Waals surface area contributed by atoms with Gasteiger partial charge in [0.15, 0.2) is 0 Å². The van der Waals surface area contributed by atoms with Gasteiger partial charge in [0.2, 0.25) is 0 Å². The average Bonchev–Trinajstić information content (AvgIpc) is 2.33. The highest BCUT2D eigenvalue weighted by molar-refractivity contribution is 9.10. The van der Waals surface area contributed by atoms with Crippen LogP contribution in [0.3, 0.4) is 0 Å². The molecule has 0 aromatic heterocycles. The lowest BCUT2D eigenvalue weighted by atomic mass is 9.97. The van der Waals surface area contributed by atoms with Crippen molar-refractivity contribution in [3.63, 3.8) is 0 Å². The molecule has 108 valence electrons. The van der Waals surface area contributed by atoms with Crippen LogP contribution in [0, 0.1) is 11.7 Å². The number of halogens is 2. The Hall–Kier alpha value is -0.410. The molecule has 0 aliphatic heterocycles. The quantitative estimate of drug-likeness (QED) is 0.712. The van der Waals surface area contributed by atoms with Gasteiger partial charge in [-0.3, -0.25) is 0 Å². The number of nitrogens with one attached hydrogen (secondary N) is 1. The van der Waals surface area contributed by atoms with Gasteiger partial charge in [0.25, 0.3) is 0 Å². The summed E-state index contributed by atoms with van der Waals surface area (Å²) in [5.74, 6) is 0.567. The summed E-state index contributed by atoms with van der Waals surface area (Å²) in [6.45, 7) is 7.69. The van der Waals surface area contributed by atoms with Gasteiger partial charge in [-0.25, -0.2) is 4.39 Å². The summed E-state index contributed by atoms with van der Waals surface area (Å²) in [5.41, 5.74) is 0.815. The third-order valence-corrected chi connectivity index (χ3v) is 3.71. The maximum absolute atomic E-state index is 13.8. The van der Waals surface area contributed by atoms with E-state index < -0.39 is 0 Å². The molecule has 0 radical (unpaired) electrons. The number of benzene rings is 1. The number of hydrogen-bond donors (Lipinski definition) is 1. The minimum atomic E-state index is -0.104. The molecular formula is C16H25BrFN. The topological polar surface area (TPSA) is 12.0 Å². The van der Waals surface area contributed by atoms with Crippen molar-refractivity contribution in [3.8, 4) is 0 Å². The lowest BCUT2D eigenvalue weighted by molar-refractivity contribution is 0.397. The highest BCUT2D eigenvalue weighted by Crippen LogP contribution is 2.18. The summed E-state index contributed by atoms with van der Waals surface area (Å²) in [6, 6.07) is 5.83. The second kappa shape index (κ2) is 8.70. The molecule has 0 fully saturated rings. The van der Waals surface area contributed by atoms with Crippen LogP contribution >= 0.6 is 15.9 Å². The Morgan fingerprint density at radius 2 is 2.05 bits per heavy atom. The molecule has 1 rings (SSSR count). The first-order chi connectivity index (χ1) is 9.02. The molecule has 1 N–H and O–H groups in total. The first-order valence-corrected chi connectivity index (χ1v) is 7.99. The summed E-state index contributed by atoms with van der Waals surface area (Å²) in [7, 11) is 0. The fraction of sp³-hybridized carbons (Fsp3) is 0.625. The third-order valence-electron chi connectivity index (χ3n) is 3.22. The molecule has 19 heavy (non-hydrogen) atoms. The van der Waals surface area contributed by atoms with Crippen LogP contribution in [0.2, 0.25) is 0 Å². The summed E-state index contributed by atoms with van der Waals surface area (Å²) in [6.07, 6.45) is 4.09. The van der Waals surface area contributed by atoms with Crippen molar-refractivity contribution in [1.82, 2.24) is 5.32 Å². The van der Waals surface area contributed by atoms with Gasteiger partial charge < -0.3 is 5.32 Å². The summed E-state index contributed by atoms with van der Waals surface area (Å²) < 4.78 is 14.6. The van der Waals surface area contributed by atoms with Crippen LogP contribution in [0.4, 0.5) is 4.39 Å². The zero-order chi connectivity index (χ0) is 14.3. The van der Waals surface area contributed by atoms with Crippen molar-refractivity contribution < 1.29 is 4.39 Å². The van der Waals surface area contributed by atoms with Crippen molar-refractivity contribution in [2.75, 3.05) is 6.54 Å². The van der Waals surface area contributed by atoms with E-state index in [1.165, 1.54) is 0 Å². The molecular weight excluding hydrogens is 305 g/mol. The van der Waals surface area contributed by atoms with Crippen LogP contribution in [0.1, 0.15) is 45.6 Å². The molecule has 1 nitrogen and oxygen atoms in total. The second-order valence-electron chi connectivity index (χ2n) is 5.56. The number of hydrogen-bond acceptors (Lipinski definition) is 1. The van der Waals surface area contributed by atoms with Gasteiger partial charge in [-0.05, 0) is 55.8 Å². The Labute approximate surface area is 125 Å². The molecule has 0 heterocycles. The average molecular weight is 330 g/mol. The summed E-state index contributed by atoms with van der Waals surface area (Å²) in [5, 5.41) is 3.57. The molecule has 0 bridgehead atoms. The highest BCUT2D eigenvalue weighted by Gasteiger charge is 2.11. The van der Waals surface area contributed by atoms with Crippen LogP contribution in [0.5, 0.6) is 0 Å². The molecule has 3 heteroatoms. The van der Waals surface area contributed by atoms with Crippen molar-refractivity contribution in [3.05, 3.63) is 34.1 Å². The van der Waals surface area contributed by atoms with E-state index in [1.807, 2.05) is 12.1 Å². The van der Waals surface area contributed by atoms with Gasteiger partial charge in [0.1, 0.15) is 5.82 Å². The third kappa shape index (κ3) is 6.53. The van der Waals surface area contributed by atoms with Crippen molar-refractivity contribution in [1.29, 1.82) is 0 Å². The first kappa shape index (κ1) is 16.6. The molecule has 1 aromatic carbocycles. The zero-order valence-corrected chi connectivity index (χ0v) is 13.8. The molecule has 0 saturated heterocycles. The van der Waals surface area contributed by atoms with Crippen molar-refractivity contribution in [2.45, 2.75) is 52.5 Å². The van der Waals surface area contributed by atoms with Crippen LogP contribution in [0.25, 0.3) is 0 Å². The van der Waals surface area contributed by atoms with Gasteiger partial charge in [-0.1, -0.05) is 42.8 Å². The smallest absolute Gasteiger partial charge is 0.127 e. The van der Waals surface area contributed by atoms with E-state index in [0.717, 1.165) is 42.3 Å². The molecule has 0 spiro atoms. The van der Waals surface area contributed by atoms with Crippen LogP contribution in [0.15, 0.2) is 22.7 Å². The second-order valence-corrected chi connectivity index (χ2v) is 6.47. The zero-order valence-electron chi connectivity index (χ0n) is 12.2. The van der Waals surface area contributed by atoms with Gasteiger partial charge in [0, 0.05) is 10.5 Å². The predicted octanol–water partition coefficient (Wildman–Crippen LogP) is 4.94. The molecule has 0 saturated carbocycles. The van der Waals surface area contributed by atoms with E-state index in [1.54, 1.807) is 6.07 Å². The Kier molecular flexibility index (Phi) is 7.62. The number of aryl methyl sites for hydroxylation is 1. The molecule has 0 amide bonds. The fourth-order valence-corrected chi connectivity index (χ4v) is 2.61. The minimum absolute atomic E-state index is 0.104. The van der Waals surface area contributed by atoms with E-state index in [-0.39, 0.29) is 5.82 Å². The van der Waals surface area contributed by atoms with E-state index in [0.29, 0.717) is 12.0 Å². The normalized spacial score (nSPS) is 12.9. The molecule has 0 aliphatic carbocycles. The maximum Gasteiger partial charge on any atom is 0.127 e. The largest absolute Gasteiger partial charge is 0.314 e. The lowest BCUT2D eigenvalue weighted by Gasteiger charge is -2.20. The predicted molar refractivity (Wildman–Crippen MR) is 84.0 cm³/mol. The van der Waals surface area contributed by atoms with Crippen LogP contribution < -0.4 is 5.32 Å². The van der Waals surface area contributed by atoms with Gasteiger partial charge in [-0.2, -0.15) is 0 Å². The lowest BCUT2D eigenvalue weighted by Crippen LogP contribution is -2.31. The minimum Gasteiger partial charge on any atom is -0.314 e. The van der Waals surface area contributed by atoms with Gasteiger partial charge in [-0.15, -0.1) is 0 Å². The molecule has 0 aliphatic rings. The standard InChI is InChI=1S/C16H25BrFN/c1-4-9-19-15(10-12(2)3)8-6-13-5-7-14(17)11-16(13)18/h5,7,11-12,15,19H,4,6,8-10H2,1-3H3. The monoisotopic (exact) mass is 329 g/mol. The number of rotatable bonds is 8. The molecule has 1 aromatic rings. The van der Waals surface area contributed by atoms with Crippen molar-refractivity contribution in [2.24, 2.45) is 5.92 Å². The Morgan fingerprint density at radius 1 is 1.32 bits per heavy atom. The van der Waals surface area contributed by atoms with Crippen molar-refractivity contribution >= 4 is 15.9 Å². The Bertz CT molecular complexity index is 379. The first-order valence-electron chi connectivity index (χ1n) is 7.20. The fourth-order valence-electron chi connectivity index (χ4n) is 2.27. The highest BCUT2D eigenvalue weighted by atomic mass is 79.9. The van der Waals surface area contributed by atoms with E-state index in [9.17, 15) is 4.39 Å². The Morgan fingerprint density at radius 3 is 2.63 bits per heavy atom. The van der Waals surface area contributed by atoms with E-state index in [2.05, 4.69) is 42.0 Å². The van der Waals surface area contributed by atoms with Crippen LogP contribution in [-0.4, -0.2) is 12.6 Å². The summed E-state index contributed by atoms with van der Waals surface area (Å²) >= 11 is 3.29. The maximum atomic E-state index is 13.8. The molecule has 1 atom stereocenters. The van der Waals surface area contributed by atoms with E-state index in [4.69, 9.17) is 0 Å². The summed E-state index contributed by atoms with van der Waals surface area (Å²) in [4.78, 5) is 0. The van der Waals surface area contributed by atoms with Gasteiger partial charge in [0.05, 0.1) is 0 Å². The SMILES string of the molecule is CCCNC(CCc1ccc(Br)cc1F)CC(C)C. The van der Waals surface area contributed by atoms with Crippen LogP contribution in [-0.2, 0) is 6.42 Å². The molecule has 1 unspecified atom stereocenters. The Balaban J connectivity index is 2.54.